The lowest BCUT2D eigenvalue weighted by Crippen LogP contribution is -2.44. The highest BCUT2D eigenvalue weighted by Gasteiger charge is 2.49. The number of hydrogen-bond donors (Lipinski definition) is 1. The zero-order valence-electron chi connectivity index (χ0n) is 29.3. The van der Waals surface area contributed by atoms with Gasteiger partial charge in [0.1, 0.15) is 41.0 Å². The van der Waals surface area contributed by atoms with Gasteiger partial charge in [-0.05, 0) is 50.1 Å². The van der Waals surface area contributed by atoms with Crippen LogP contribution in [-0.2, 0) is 19.3 Å². The molecule has 2 saturated heterocycles. The molecule has 282 valence electrons. The van der Waals surface area contributed by atoms with E-state index in [0.29, 0.717) is 30.0 Å². The largest absolute Gasteiger partial charge is 0.461 e. The molecule has 5 aromatic rings. The minimum Gasteiger partial charge on any atom is -0.461 e. The third-order valence-electron chi connectivity index (χ3n) is 10.7. The lowest BCUT2D eigenvalue weighted by Gasteiger charge is -2.36. The summed E-state index contributed by atoms with van der Waals surface area (Å²) in [5, 5.41) is 13.6. The molecule has 6 heterocycles. The number of benzene rings is 2. The number of carbonyl (C=O) groups is 1. The Morgan fingerprint density at radius 3 is 2.70 bits per heavy atom. The van der Waals surface area contributed by atoms with E-state index in [2.05, 4.69) is 15.1 Å². The number of alkyl halides is 4. The maximum atomic E-state index is 17.3. The average molecular weight is 770 g/mol. The van der Waals surface area contributed by atoms with Crippen LogP contribution in [0.25, 0.3) is 32.1 Å². The van der Waals surface area contributed by atoms with Gasteiger partial charge < -0.3 is 20.3 Å². The molecule has 54 heavy (non-hydrogen) atoms. The molecule has 11 nitrogen and oxygen atoms in total. The second kappa shape index (κ2) is 12.7. The normalized spacial score (nSPS) is 21.4. The molecule has 3 unspecified atom stereocenters. The summed E-state index contributed by atoms with van der Waals surface area (Å²) < 4.78 is 99.9. The van der Waals surface area contributed by atoms with E-state index in [0.717, 1.165) is 24.6 Å². The summed E-state index contributed by atoms with van der Waals surface area (Å²) in [5.74, 6) is -2.63. The molecule has 3 atom stereocenters. The smallest absolute Gasteiger partial charge is 0.417 e. The number of nitrogens with zero attached hydrogens (tertiary/aromatic N) is 8. The zero-order valence-corrected chi connectivity index (χ0v) is 30.1. The van der Waals surface area contributed by atoms with Crippen LogP contribution in [0.2, 0.25) is 0 Å². The summed E-state index contributed by atoms with van der Waals surface area (Å²) in [4.78, 5) is 26.7. The van der Waals surface area contributed by atoms with Crippen LogP contribution in [0.3, 0.4) is 0 Å². The highest BCUT2D eigenvalue weighted by atomic mass is 32.1. The van der Waals surface area contributed by atoms with Crippen LogP contribution in [0.5, 0.6) is 6.01 Å². The molecule has 2 aromatic carbocycles. The molecule has 3 aliphatic heterocycles. The highest BCUT2D eigenvalue weighted by molar-refractivity contribution is 7.23. The Morgan fingerprint density at radius 2 is 1.98 bits per heavy atom. The van der Waals surface area contributed by atoms with Crippen LogP contribution in [0, 0.1) is 23.0 Å². The van der Waals surface area contributed by atoms with Gasteiger partial charge in [-0.25, -0.2) is 13.2 Å². The molecule has 2 fully saturated rings. The lowest BCUT2D eigenvalue weighted by atomic mass is 9.92. The van der Waals surface area contributed by atoms with E-state index in [1.54, 1.807) is 36.7 Å². The molecule has 0 spiro atoms. The molecule has 2 N–H and O–H groups in total. The monoisotopic (exact) mass is 769 g/mol. The number of nitrogen functional groups attached to an aromatic ring is 1. The molecule has 18 heteroatoms. The Hall–Kier alpha value is -5.15. The topological polar surface area (TPSA) is 129 Å². The number of aromatic nitrogens is 4. The Balaban J connectivity index is 1.34. The lowest BCUT2D eigenvalue weighted by molar-refractivity contribution is -0.137. The van der Waals surface area contributed by atoms with Gasteiger partial charge in [0.05, 0.1) is 40.1 Å². The van der Waals surface area contributed by atoms with Crippen LogP contribution in [-0.4, -0.2) is 87.0 Å². The molecule has 3 aliphatic rings. The first-order chi connectivity index (χ1) is 25.6. The number of hydrogen-bond acceptors (Lipinski definition) is 10. The van der Waals surface area contributed by atoms with Crippen molar-refractivity contribution in [1.29, 1.82) is 5.26 Å². The van der Waals surface area contributed by atoms with Crippen molar-refractivity contribution in [3.8, 4) is 23.2 Å². The van der Waals surface area contributed by atoms with E-state index < -0.39 is 52.2 Å². The maximum Gasteiger partial charge on any atom is 0.417 e. The first-order valence-corrected chi connectivity index (χ1v) is 18.0. The number of amides is 1. The number of carbonyl (C=O) groups excluding carboxylic acids is 1. The van der Waals surface area contributed by atoms with Crippen LogP contribution < -0.4 is 15.4 Å². The zero-order chi connectivity index (χ0) is 38.4. The van der Waals surface area contributed by atoms with E-state index in [9.17, 15) is 14.4 Å². The van der Waals surface area contributed by atoms with Crippen molar-refractivity contribution in [2.45, 2.75) is 63.2 Å². The number of fused-ring (bicyclic) bond motifs is 4. The van der Waals surface area contributed by atoms with Gasteiger partial charge >= 0.3 is 12.2 Å². The van der Waals surface area contributed by atoms with Gasteiger partial charge in [-0.3, -0.25) is 14.4 Å². The van der Waals surface area contributed by atoms with Gasteiger partial charge in [-0.15, -0.1) is 11.3 Å². The van der Waals surface area contributed by atoms with Crippen LogP contribution in [0.15, 0.2) is 24.3 Å². The van der Waals surface area contributed by atoms with Crippen molar-refractivity contribution < 1.29 is 35.9 Å². The second-order valence-electron chi connectivity index (χ2n) is 14.3. The fourth-order valence-corrected chi connectivity index (χ4v) is 9.10. The number of ether oxygens (including phenoxy) is 1. The molecule has 3 aromatic heterocycles. The van der Waals surface area contributed by atoms with Crippen molar-refractivity contribution in [3.05, 3.63) is 58.4 Å². The molecule has 0 bridgehead atoms. The van der Waals surface area contributed by atoms with Gasteiger partial charge in [0.15, 0.2) is 11.5 Å². The molecule has 8 rings (SSSR count). The van der Waals surface area contributed by atoms with Crippen LogP contribution in [0.4, 0.5) is 37.2 Å². The third-order valence-corrected chi connectivity index (χ3v) is 11.7. The van der Waals surface area contributed by atoms with Gasteiger partial charge in [0, 0.05) is 49.4 Å². The predicted octanol–water partition coefficient (Wildman–Crippen LogP) is 6.52. The van der Waals surface area contributed by atoms with Crippen molar-refractivity contribution >= 4 is 49.1 Å². The van der Waals surface area contributed by atoms with Crippen LogP contribution >= 0.6 is 11.3 Å². The van der Waals surface area contributed by atoms with Gasteiger partial charge in [0.25, 0.3) is 5.91 Å². The quantitative estimate of drug-likeness (QED) is 0.192. The SMILES string of the molecule is CC1Cn2nc(C(=O)N(C)C)cc2CN1c1nc(OCC23CCCN2CC(F)C3)nc2c(F)c(-c3ccc(F)c4sc(N)c(C#N)c34)c(C(F)(F)F)cc12. The number of nitriles is 1. The summed E-state index contributed by atoms with van der Waals surface area (Å²) in [6.07, 6.45) is -4.53. The Bertz CT molecular complexity index is 2410. The summed E-state index contributed by atoms with van der Waals surface area (Å²) in [7, 11) is 3.17. The summed E-state index contributed by atoms with van der Waals surface area (Å²) in [5.41, 5.74) is 2.55. The average Bonchev–Trinajstić information content (AvgIpc) is 3.87. The number of nitrogens with two attached hydrogens (primary N) is 1. The van der Waals surface area contributed by atoms with E-state index >= 15 is 22.0 Å². The first kappa shape index (κ1) is 35.9. The van der Waals surface area contributed by atoms with Crippen molar-refractivity contribution in [1.82, 2.24) is 29.5 Å². The fraction of sp³-hybridized carbons (Fsp3) is 0.417. The highest BCUT2D eigenvalue weighted by Crippen LogP contribution is 2.48. The number of halogens is 6. The Labute approximate surface area is 308 Å². The third kappa shape index (κ3) is 5.67. The molecule has 1 amide bonds. The van der Waals surface area contributed by atoms with Crippen molar-refractivity contribution in [2.75, 3.05) is 44.4 Å². The summed E-state index contributed by atoms with van der Waals surface area (Å²) in [6, 6.07) is 5.25. The number of rotatable bonds is 6. The summed E-state index contributed by atoms with van der Waals surface area (Å²) in [6.45, 7) is 2.91. The van der Waals surface area contributed by atoms with Gasteiger partial charge in [-0.1, -0.05) is 6.07 Å². The van der Waals surface area contributed by atoms with E-state index in [4.69, 9.17) is 10.5 Å². The molecule has 0 radical (unpaired) electrons. The second-order valence-corrected chi connectivity index (χ2v) is 15.4. The number of thiophene rings is 1. The predicted molar refractivity (Wildman–Crippen MR) is 189 cm³/mol. The molecular weight excluding hydrogens is 737 g/mol. The number of anilines is 2. The Kier molecular flexibility index (Phi) is 8.45. The minimum absolute atomic E-state index is 0.0324. The van der Waals surface area contributed by atoms with Crippen LogP contribution in [0.1, 0.15) is 53.5 Å². The maximum absolute atomic E-state index is 17.3. The first-order valence-electron chi connectivity index (χ1n) is 17.2. The minimum atomic E-state index is -5.14. The Morgan fingerprint density at radius 1 is 1.20 bits per heavy atom. The standard InChI is InChI=1S/C36H33F6N9O2S/c1-17-13-51-19(9-25(47-51)33(52)48(2)3)15-50(17)32-21-10-23(36(40,41)42)27(20-5-6-24(38)30-26(20)22(12-43)31(44)54-30)28(39)29(21)45-34(46-32)53-16-35-7-4-8-49(35)14-18(37)11-35/h5-6,9-10,17-18H,4,7-8,11,13-16,44H2,1-3H3. The van der Waals surface area contributed by atoms with E-state index in [1.165, 1.54) is 4.90 Å². The van der Waals surface area contributed by atoms with Gasteiger partial charge in [0.2, 0.25) is 0 Å². The summed E-state index contributed by atoms with van der Waals surface area (Å²) >= 11 is 0.673. The van der Waals surface area contributed by atoms with Crippen molar-refractivity contribution in [2.24, 2.45) is 0 Å². The van der Waals surface area contributed by atoms with E-state index in [-0.39, 0.29) is 87.7 Å². The molecule has 0 saturated carbocycles. The fourth-order valence-electron chi connectivity index (χ4n) is 8.15. The van der Waals surface area contributed by atoms with E-state index in [1.807, 2.05) is 11.0 Å². The molecule has 0 aliphatic carbocycles. The molecular formula is C36H33F6N9O2S. The van der Waals surface area contributed by atoms with Gasteiger partial charge in [-0.2, -0.15) is 33.5 Å². The van der Waals surface area contributed by atoms with Crippen molar-refractivity contribution in [3.63, 3.8) is 0 Å².